The molecular formula is C22H22Cl2N6O. The van der Waals surface area contributed by atoms with Gasteiger partial charge in [-0.2, -0.15) is 10.1 Å². The molecule has 0 unspecified atom stereocenters. The van der Waals surface area contributed by atoms with E-state index in [1.54, 1.807) is 5.01 Å². The SMILES string of the molecule is Cl.Cl.O=Cc1c2ccccc2c(C=NN(C2=NCCN2)C2=NCCN2)c2ccccc12. The Morgan fingerprint density at radius 2 is 1.23 bits per heavy atom. The topological polar surface area (TPSA) is 81.5 Å². The van der Waals surface area contributed by atoms with Crippen molar-refractivity contribution in [2.24, 2.45) is 15.1 Å². The molecule has 2 N–H and O–H groups in total. The van der Waals surface area contributed by atoms with Crippen LogP contribution in [-0.2, 0) is 0 Å². The average molecular weight is 457 g/mol. The highest BCUT2D eigenvalue weighted by molar-refractivity contribution is 6.20. The Hall–Kier alpha value is -3.16. The first kappa shape index (κ1) is 22.5. The maximum absolute atomic E-state index is 11.9. The maximum Gasteiger partial charge on any atom is 0.222 e. The Morgan fingerprint density at radius 1 is 0.774 bits per heavy atom. The molecule has 0 saturated heterocycles. The van der Waals surface area contributed by atoms with Crippen LogP contribution in [0.15, 0.2) is 63.6 Å². The molecule has 0 amide bonds. The molecule has 0 bridgehead atoms. The van der Waals surface area contributed by atoms with Gasteiger partial charge in [0, 0.05) is 24.2 Å². The fourth-order valence-corrected chi connectivity index (χ4v) is 3.84. The normalized spacial score (nSPS) is 15.0. The average Bonchev–Trinajstić information content (AvgIpc) is 3.48. The van der Waals surface area contributed by atoms with Gasteiger partial charge in [0.05, 0.1) is 19.3 Å². The van der Waals surface area contributed by atoms with Crippen LogP contribution in [0.25, 0.3) is 21.5 Å². The number of fused-ring (bicyclic) bond motifs is 2. The predicted molar refractivity (Wildman–Crippen MR) is 131 cm³/mol. The molecule has 2 heterocycles. The largest absolute Gasteiger partial charge is 0.353 e. The molecular weight excluding hydrogens is 435 g/mol. The number of benzene rings is 3. The molecule has 0 fully saturated rings. The number of hydrazone groups is 1. The molecule has 2 aliphatic heterocycles. The van der Waals surface area contributed by atoms with E-state index in [9.17, 15) is 4.79 Å². The van der Waals surface area contributed by atoms with E-state index in [1.807, 2.05) is 54.7 Å². The van der Waals surface area contributed by atoms with Crippen LogP contribution in [0, 0.1) is 0 Å². The van der Waals surface area contributed by atoms with Gasteiger partial charge in [-0.25, -0.2) is 9.98 Å². The van der Waals surface area contributed by atoms with Crippen molar-refractivity contribution in [1.29, 1.82) is 0 Å². The smallest absolute Gasteiger partial charge is 0.222 e. The van der Waals surface area contributed by atoms with Crippen molar-refractivity contribution in [1.82, 2.24) is 15.6 Å². The molecule has 0 spiro atoms. The van der Waals surface area contributed by atoms with Crippen LogP contribution in [0.4, 0.5) is 0 Å². The van der Waals surface area contributed by atoms with Crippen molar-refractivity contribution >= 4 is 70.8 Å². The van der Waals surface area contributed by atoms with Gasteiger partial charge >= 0.3 is 0 Å². The first-order valence-electron chi connectivity index (χ1n) is 9.66. The first-order chi connectivity index (χ1) is 14.4. The second-order valence-electron chi connectivity index (χ2n) is 6.86. The van der Waals surface area contributed by atoms with Crippen LogP contribution in [0.5, 0.6) is 0 Å². The van der Waals surface area contributed by atoms with E-state index in [4.69, 9.17) is 5.10 Å². The van der Waals surface area contributed by atoms with Crippen molar-refractivity contribution in [3.63, 3.8) is 0 Å². The highest BCUT2D eigenvalue weighted by Gasteiger charge is 2.22. The predicted octanol–water partition coefficient (Wildman–Crippen LogP) is 3.20. The van der Waals surface area contributed by atoms with Crippen molar-refractivity contribution in [2.75, 3.05) is 26.2 Å². The van der Waals surface area contributed by atoms with E-state index in [-0.39, 0.29) is 24.8 Å². The Kier molecular flexibility index (Phi) is 7.09. The molecule has 5 rings (SSSR count). The third-order valence-corrected chi connectivity index (χ3v) is 5.15. The molecule has 2 aliphatic rings. The number of aldehydes is 1. The van der Waals surface area contributed by atoms with Crippen molar-refractivity contribution in [3.8, 4) is 0 Å². The number of carbonyl (C=O) groups is 1. The van der Waals surface area contributed by atoms with E-state index >= 15 is 0 Å². The highest BCUT2D eigenvalue weighted by Crippen LogP contribution is 2.31. The highest BCUT2D eigenvalue weighted by atomic mass is 35.5. The minimum absolute atomic E-state index is 0. The third-order valence-electron chi connectivity index (χ3n) is 5.15. The molecule has 31 heavy (non-hydrogen) atoms. The van der Waals surface area contributed by atoms with E-state index < -0.39 is 0 Å². The molecule has 0 aliphatic carbocycles. The van der Waals surface area contributed by atoms with Crippen LogP contribution in [0.3, 0.4) is 0 Å². The van der Waals surface area contributed by atoms with Crippen LogP contribution in [0.1, 0.15) is 15.9 Å². The fourth-order valence-electron chi connectivity index (χ4n) is 3.84. The van der Waals surface area contributed by atoms with Gasteiger partial charge in [0.25, 0.3) is 0 Å². The summed E-state index contributed by atoms with van der Waals surface area (Å²) < 4.78 is 0. The van der Waals surface area contributed by atoms with E-state index in [0.29, 0.717) is 30.6 Å². The molecule has 0 radical (unpaired) electrons. The summed E-state index contributed by atoms with van der Waals surface area (Å²) in [6, 6.07) is 15.9. The minimum atomic E-state index is 0. The van der Waals surface area contributed by atoms with Gasteiger partial charge in [0.1, 0.15) is 0 Å². The molecule has 3 aromatic carbocycles. The fraction of sp³-hybridized carbons (Fsp3) is 0.182. The number of hydrogen-bond donors (Lipinski definition) is 2. The van der Waals surface area contributed by atoms with Crippen molar-refractivity contribution < 1.29 is 4.79 Å². The van der Waals surface area contributed by atoms with Crippen LogP contribution < -0.4 is 10.6 Å². The Bertz CT molecular complexity index is 1130. The van der Waals surface area contributed by atoms with Gasteiger partial charge in [0.2, 0.25) is 11.9 Å². The van der Waals surface area contributed by atoms with Gasteiger partial charge in [0.15, 0.2) is 6.29 Å². The second kappa shape index (κ2) is 9.76. The lowest BCUT2D eigenvalue weighted by molar-refractivity contribution is 0.112. The number of halogens is 2. The van der Waals surface area contributed by atoms with Gasteiger partial charge in [-0.15, -0.1) is 24.8 Å². The lowest BCUT2D eigenvalue weighted by Crippen LogP contribution is -2.44. The zero-order chi connectivity index (χ0) is 19.6. The molecule has 3 aromatic rings. The zero-order valence-electron chi connectivity index (χ0n) is 16.6. The summed E-state index contributed by atoms with van der Waals surface area (Å²) in [5.74, 6) is 1.38. The number of carbonyl (C=O) groups excluding carboxylic acids is 1. The van der Waals surface area contributed by atoms with E-state index in [0.717, 1.165) is 46.5 Å². The van der Waals surface area contributed by atoms with Gasteiger partial charge in [-0.1, -0.05) is 48.5 Å². The van der Waals surface area contributed by atoms with Gasteiger partial charge in [-0.05, 0) is 21.5 Å². The lowest BCUT2D eigenvalue weighted by atomic mass is 9.93. The summed E-state index contributed by atoms with van der Waals surface area (Å²) in [6.45, 7) is 3.01. The standard InChI is InChI=1S/C22H20N6O.2ClH/c29-14-20-17-7-3-1-5-15(17)19(16-6-2-4-8-18(16)20)13-27-28(21-23-9-10-24-21)22-25-11-12-26-22;;/h1-8,13-14H,9-12H2,(H,23,24)(H,25,26);2*1H. The first-order valence-corrected chi connectivity index (χ1v) is 9.66. The number of nitrogens with zero attached hydrogens (tertiary/aromatic N) is 4. The summed E-state index contributed by atoms with van der Waals surface area (Å²) in [5.41, 5.74) is 1.66. The molecule has 0 atom stereocenters. The monoisotopic (exact) mass is 456 g/mol. The molecule has 0 saturated carbocycles. The number of guanidine groups is 2. The van der Waals surface area contributed by atoms with E-state index in [2.05, 4.69) is 20.6 Å². The molecule has 7 nitrogen and oxygen atoms in total. The number of rotatable bonds is 3. The maximum atomic E-state index is 11.9. The van der Waals surface area contributed by atoms with E-state index in [1.165, 1.54) is 0 Å². The quantitative estimate of drug-likeness (QED) is 0.274. The van der Waals surface area contributed by atoms with Crippen molar-refractivity contribution in [3.05, 3.63) is 59.7 Å². The minimum Gasteiger partial charge on any atom is -0.353 e. The third kappa shape index (κ3) is 4.06. The summed E-state index contributed by atoms with van der Waals surface area (Å²) in [7, 11) is 0. The lowest BCUT2D eigenvalue weighted by Gasteiger charge is -2.19. The Balaban J connectivity index is 0.00000136. The van der Waals surface area contributed by atoms with Crippen molar-refractivity contribution in [2.45, 2.75) is 0 Å². The Morgan fingerprint density at radius 3 is 1.61 bits per heavy atom. The number of aliphatic imine (C=N–C) groups is 2. The van der Waals surface area contributed by atoms with Gasteiger partial charge < -0.3 is 10.6 Å². The van der Waals surface area contributed by atoms with Gasteiger partial charge in [-0.3, -0.25) is 4.79 Å². The summed E-state index contributed by atoms with van der Waals surface area (Å²) >= 11 is 0. The summed E-state index contributed by atoms with van der Waals surface area (Å²) in [5, 5.41) is 16.8. The molecule has 0 aromatic heterocycles. The molecule has 160 valence electrons. The number of hydrogen-bond acceptors (Lipinski definition) is 7. The Labute approximate surface area is 192 Å². The number of nitrogens with one attached hydrogen (secondary N) is 2. The molecule has 9 heteroatoms. The van der Waals surface area contributed by atoms with Crippen LogP contribution in [-0.4, -0.2) is 55.6 Å². The second-order valence-corrected chi connectivity index (χ2v) is 6.86. The van der Waals surface area contributed by atoms with Crippen LogP contribution in [0.2, 0.25) is 0 Å². The summed E-state index contributed by atoms with van der Waals surface area (Å²) in [4.78, 5) is 20.9. The van der Waals surface area contributed by atoms with Crippen LogP contribution >= 0.6 is 24.8 Å². The zero-order valence-corrected chi connectivity index (χ0v) is 18.2. The summed E-state index contributed by atoms with van der Waals surface area (Å²) in [6.07, 6.45) is 2.77.